The minimum absolute atomic E-state index is 0.192. The molecule has 0 bridgehead atoms. The van der Waals surface area contributed by atoms with Crippen LogP contribution < -0.4 is 5.32 Å². The second kappa shape index (κ2) is 6.16. The van der Waals surface area contributed by atoms with Crippen molar-refractivity contribution in [1.29, 1.82) is 0 Å². The van der Waals surface area contributed by atoms with Crippen LogP contribution >= 0.6 is 23.2 Å². The first kappa shape index (κ1) is 14.7. The predicted molar refractivity (Wildman–Crippen MR) is 75.8 cm³/mol. The molecule has 1 heterocycles. The van der Waals surface area contributed by atoms with E-state index in [9.17, 15) is 9.90 Å². The van der Waals surface area contributed by atoms with Gasteiger partial charge in [-0.3, -0.25) is 4.79 Å². The summed E-state index contributed by atoms with van der Waals surface area (Å²) < 4.78 is 1.54. The van der Waals surface area contributed by atoms with Gasteiger partial charge in [0.05, 0.1) is 17.2 Å². The molecule has 2 N–H and O–H groups in total. The molecule has 2 atom stereocenters. The van der Waals surface area contributed by atoms with Crippen molar-refractivity contribution in [2.75, 3.05) is 0 Å². The quantitative estimate of drug-likeness (QED) is 0.826. The maximum absolute atomic E-state index is 12.2. The lowest BCUT2D eigenvalue weighted by atomic mass is 10.1. The molecule has 1 aliphatic carbocycles. The third-order valence-corrected chi connectivity index (χ3v) is 4.49. The van der Waals surface area contributed by atoms with Crippen molar-refractivity contribution in [3.63, 3.8) is 0 Å². The van der Waals surface area contributed by atoms with Crippen molar-refractivity contribution in [3.8, 4) is 0 Å². The van der Waals surface area contributed by atoms with E-state index < -0.39 is 6.10 Å². The fourth-order valence-electron chi connectivity index (χ4n) is 2.46. The van der Waals surface area contributed by atoms with Crippen molar-refractivity contribution >= 4 is 29.1 Å². The number of nitrogens with one attached hydrogen (secondary N) is 1. The molecule has 0 aliphatic heterocycles. The molecule has 2 unspecified atom stereocenters. The number of carbonyl (C=O) groups is 1. The van der Waals surface area contributed by atoms with Gasteiger partial charge in [0.2, 0.25) is 0 Å². The molecule has 4 nitrogen and oxygen atoms in total. The van der Waals surface area contributed by atoms with Crippen LogP contribution in [0.15, 0.2) is 6.07 Å². The first-order valence-electron chi connectivity index (χ1n) is 6.50. The Balaban J connectivity index is 2.09. The van der Waals surface area contributed by atoms with E-state index in [1.807, 2.05) is 0 Å². The van der Waals surface area contributed by atoms with Crippen molar-refractivity contribution in [3.05, 3.63) is 21.9 Å². The number of rotatable bonds is 2. The lowest BCUT2D eigenvalue weighted by Crippen LogP contribution is -2.43. The Hall–Kier alpha value is -0.710. The van der Waals surface area contributed by atoms with Gasteiger partial charge >= 0.3 is 0 Å². The van der Waals surface area contributed by atoms with Crippen molar-refractivity contribution in [1.82, 2.24) is 9.88 Å². The van der Waals surface area contributed by atoms with E-state index >= 15 is 0 Å². The Morgan fingerprint density at radius 2 is 2.05 bits per heavy atom. The molecular weight excluding hydrogens is 287 g/mol. The molecule has 106 valence electrons. The number of hydrogen-bond donors (Lipinski definition) is 2. The van der Waals surface area contributed by atoms with Crippen LogP contribution in [0.3, 0.4) is 0 Å². The van der Waals surface area contributed by atoms with E-state index in [1.54, 1.807) is 17.7 Å². The van der Waals surface area contributed by atoms with E-state index in [0.717, 1.165) is 32.1 Å². The van der Waals surface area contributed by atoms with Gasteiger partial charge in [-0.1, -0.05) is 42.5 Å². The van der Waals surface area contributed by atoms with Gasteiger partial charge in [0, 0.05) is 7.05 Å². The van der Waals surface area contributed by atoms with Crippen LogP contribution in [0.4, 0.5) is 0 Å². The minimum Gasteiger partial charge on any atom is -0.391 e. The number of amides is 1. The van der Waals surface area contributed by atoms with Crippen LogP contribution in [-0.2, 0) is 7.05 Å². The maximum Gasteiger partial charge on any atom is 0.268 e. The second-order valence-electron chi connectivity index (χ2n) is 5.01. The summed E-state index contributed by atoms with van der Waals surface area (Å²) >= 11 is 11.8. The Kier molecular flexibility index (Phi) is 4.76. The highest BCUT2D eigenvalue weighted by Gasteiger charge is 2.25. The van der Waals surface area contributed by atoms with Crippen molar-refractivity contribution in [2.24, 2.45) is 7.05 Å². The summed E-state index contributed by atoms with van der Waals surface area (Å²) in [7, 11) is 1.69. The molecule has 19 heavy (non-hydrogen) atoms. The lowest BCUT2D eigenvalue weighted by molar-refractivity contribution is 0.0811. The number of aliphatic hydroxyl groups excluding tert-OH is 1. The highest BCUT2D eigenvalue weighted by atomic mass is 35.5. The monoisotopic (exact) mass is 304 g/mol. The zero-order valence-electron chi connectivity index (χ0n) is 10.8. The average Bonchev–Trinajstić information content (AvgIpc) is 2.56. The standard InChI is InChI=1S/C13H18Cl2N2O2/c1-17-10(7-8(14)12(17)15)13(19)16-9-5-3-2-4-6-11(9)18/h7,9,11,18H,2-6H2,1H3,(H,16,19). The van der Waals surface area contributed by atoms with Crippen molar-refractivity contribution < 1.29 is 9.90 Å². The first-order chi connectivity index (χ1) is 9.00. The molecule has 1 aliphatic rings. The molecule has 0 spiro atoms. The van der Waals surface area contributed by atoms with Crippen LogP contribution in [0.1, 0.15) is 42.6 Å². The van der Waals surface area contributed by atoms with Crippen molar-refractivity contribution in [2.45, 2.75) is 44.2 Å². The number of nitrogens with zero attached hydrogens (tertiary/aromatic N) is 1. The van der Waals surface area contributed by atoms with Gasteiger partial charge in [0.1, 0.15) is 10.8 Å². The molecule has 2 rings (SSSR count). The van der Waals surface area contributed by atoms with E-state index in [-0.39, 0.29) is 11.9 Å². The normalized spacial score (nSPS) is 24.0. The van der Waals surface area contributed by atoms with Gasteiger partial charge in [-0.2, -0.15) is 0 Å². The van der Waals surface area contributed by atoms with E-state index in [2.05, 4.69) is 5.32 Å². The van der Waals surface area contributed by atoms with Gasteiger partial charge in [0.15, 0.2) is 0 Å². The van der Waals surface area contributed by atoms with Gasteiger partial charge in [-0.05, 0) is 18.9 Å². The van der Waals surface area contributed by atoms with E-state index in [1.165, 1.54) is 0 Å². The second-order valence-corrected chi connectivity index (χ2v) is 5.78. The number of aromatic nitrogens is 1. The smallest absolute Gasteiger partial charge is 0.268 e. The Labute approximate surface area is 122 Å². The van der Waals surface area contributed by atoms with Gasteiger partial charge in [0.25, 0.3) is 5.91 Å². The number of hydrogen-bond acceptors (Lipinski definition) is 2. The number of aliphatic hydroxyl groups is 1. The largest absolute Gasteiger partial charge is 0.391 e. The maximum atomic E-state index is 12.2. The summed E-state index contributed by atoms with van der Waals surface area (Å²) in [6.45, 7) is 0. The number of carbonyl (C=O) groups excluding carboxylic acids is 1. The average molecular weight is 305 g/mol. The predicted octanol–water partition coefficient (Wildman–Crippen LogP) is 2.76. The lowest BCUT2D eigenvalue weighted by Gasteiger charge is -2.21. The molecule has 0 saturated heterocycles. The van der Waals surface area contributed by atoms with Crippen LogP contribution in [0, 0.1) is 0 Å². The zero-order valence-corrected chi connectivity index (χ0v) is 12.3. The molecule has 1 saturated carbocycles. The van der Waals surface area contributed by atoms with Gasteiger partial charge in [-0.25, -0.2) is 0 Å². The molecule has 6 heteroatoms. The Bertz CT molecular complexity index is 473. The molecule has 0 aromatic carbocycles. The van der Waals surface area contributed by atoms with Gasteiger partial charge in [-0.15, -0.1) is 0 Å². The molecule has 1 aromatic rings. The van der Waals surface area contributed by atoms with E-state index in [4.69, 9.17) is 23.2 Å². The Morgan fingerprint density at radius 1 is 1.37 bits per heavy atom. The minimum atomic E-state index is -0.474. The topological polar surface area (TPSA) is 54.3 Å². The Morgan fingerprint density at radius 3 is 2.68 bits per heavy atom. The summed E-state index contributed by atoms with van der Waals surface area (Å²) in [6.07, 6.45) is 4.20. The van der Waals surface area contributed by atoms with Gasteiger partial charge < -0.3 is 15.0 Å². The van der Waals surface area contributed by atoms with E-state index in [0.29, 0.717) is 15.9 Å². The highest BCUT2D eigenvalue weighted by molar-refractivity contribution is 6.41. The third-order valence-electron chi connectivity index (χ3n) is 3.64. The molecule has 1 fully saturated rings. The summed E-state index contributed by atoms with van der Waals surface area (Å²) in [4.78, 5) is 12.2. The SMILES string of the molecule is Cn1c(C(=O)NC2CCCCCC2O)cc(Cl)c1Cl. The summed E-state index contributed by atoms with van der Waals surface area (Å²) in [5, 5.41) is 13.6. The molecule has 1 aromatic heterocycles. The van der Waals surface area contributed by atoms with Crippen LogP contribution in [-0.4, -0.2) is 27.7 Å². The summed E-state index contributed by atoms with van der Waals surface area (Å²) in [6, 6.07) is 1.35. The van der Waals surface area contributed by atoms with Crippen LogP contribution in [0.25, 0.3) is 0 Å². The third kappa shape index (κ3) is 3.25. The molecule has 1 amide bonds. The van der Waals surface area contributed by atoms with Crippen LogP contribution in [0.2, 0.25) is 10.2 Å². The zero-order chi connectivity index (χ0) is 14.0. The fourth-order valence-corrected chi connectivity index (χ4v) is 2.83. The molecular formula is C13H18Cl2N2O2. The summed E-state index contributed by atoms with van der Waals surface area (Å²) in [5.41, 5.74) is 0.409. The first-order valence-corrected chi connectivity index (χ1v) is 7.26. The molecule has 0 radical (unpaired) electrons. The highest BCUT2D eigenvalue weighted by Crippen LogP contribution is 2.25. The summed E-state index contributed by atoms with van der Waals surface area (Å²) in [5.74, 6) is -0.248. The van der Waals surface area contributed by atoms with Crippen LogP contribution in [0.5, 0.6) is 0 Å². The fraction of sp³-hybridized carbons (Fsp3) is 0.615. The number of halogens is 2.